The third-order valence-corrected chi connectivity index (χ3v) is 1.29. The van der Waals surface area contributed by atoms with Gasteiger partial charge in [0.1, 0.15) is 0 Å². The van der Waals surface area contributed by atoms with Gasteiger partial charge in [-0.2, -0.15) is 12.6 Å². The summed E-state index contributed by atoms with van der Waals surface area (Å²) in [7, 11) is 0. The second-order valence-electron chi connectivity index (χ2n) is 1.45. The normalized spacial score (nSPS) is 13.2. The summed E-state index contributed by atoms with van der Waals surface area (Å²) in [6.45, 7) is 0.166. The summed E-state index contributed by atoms with van der Waals surface area (Å²) in [6.07, 6.45) is 0. The maximum Gasteiger partial charge on any atom is 0.308 e. The van der Waals surface area contributed by atoms with Gasteiger partial charge in [0, 0.05) is 12.3 Å². The zero-order valence-electron chi connectivity index (χ0n) is 4.37. The van der Waals surface area contributed by atoms with E-state index in [-0.39, 0.29) is 6.54 Å². The average molecular weight is 135 g/mol. The van der Waals surface area contributed by atoms with Crippen LogP contribution in [0.1, 0.15) is 0 Å². The number of carbonyl (C=O) groups is 1. The molecule has 0 fully saturated rings. The molecule has 48 valence electrons. The fraction of sp³-hybridized carbons (Fsp3) is 0.750. The fourth-order valence-corrected chi connectivity index (χ4v) is 0.559. The predicted molar refractivity (Wildman–Crippen MR) is 34.0 cm³/mol. The van der Waals surface area contributed by atoms with Crippen molar-refractivity contribution in [3.63, 3.8) is 0 Å². The Labute approximate surface area is 53.3 Å². The average Bonchev–Trinajstić information content (AvgIpc) is 1.69. The summed E-state index contributed by atoms with van der Waals surface area (Å²) >= 11 is 3.77. The highest BCUT2D eigenvalue weighted by atomic mass is 32.1. The highest BCUT2D eigenvalue weighted by Gasteiger charge is 2.11. The summed E-state index contributed by atoms with van der Waals surface area (Å²) < 4.78 is 0. The molecule has 0 aromatic rings. The van der Waals surface area contributed by atoms with Crippen molar-refractivity contribution in [2.45, 2.75) is 0 Å². The number of nitrogens with two attached hydrogens (primary N) is 1. The van der Waals surface area contributed by atoms with Gasteiger partial charge in [-0.15, -0.1) is 0 Å². The van der Waals surface area contributed by atoms with Crippen molar-refractivity contribution in [1.82, 2.24) is 0 Å². The first-order chi connectivity index (χ1) is 3.72. The molecule has 0 aliphatic carbocycles. The number of hydrogen-bond donors (Lipinski definition) is 3. The molecule has 0 aliphatic heterocycles. The standard InChI is InChI=1S/C4H9NO2S/c5-1-3(2-8)4(6)7/h3,8H,1-2,5H2,(H,6,7). The Morgan fingerprint density at radius 1 is 1.88 bits per heavy atom. The Morgan fingerprint density at radius 2 is 2.38 bits per heavy atom. The van der Waals surface area contributed by atoms with Gasteiger partial charge in [-0.1, -0.05) is 0 Å². The summed E-state index contributed by atoms with van der Waals surface area (Å²) in [5.74, 6) is -1.05. The van der Waals surface area contributed by atoms with Crippen molar-refractivity contribution >= 4 is 18.6 Å². The molecule has 3 nitrogen and oxygen atoms in total. The number of rotatable bonds is 3. The second-order valence-corrected chi connectivity index (χ2v) is 1.82. The van der Waals surface area contributed by atoms with Crippen LogP contribution in [-0.4, -0.2) is 23.4 Å². The van der Waals surface area contributed by atoms with Gasteiger partial charge < -0.3 is 10.8 Å². The lowest BCUT2D eigenvalue weighted by molar-refractivity contribution is -0.140. The summed E-state index contributed by atoms with van der Waals surface area (Å²) in [6, 6.07) is 0. The van der Waals surface area contributed by atoms with Crippen LogP contribution in [0, 0.1) is 5.92 Å². The van der Waals surface area contributed by atoms with E-state index in [4.69, 9.17) is 10.8 Å². The van der Waals surface area contributed by atoms with E-state index in [1.165, 1.54) is 0 Å². The van der Waals surface area contributed by atoms with Gasteiger partial charge in [0.15, 0.2) is 0 Å². The molecule has 0 aromatic heterocycles. The molecule has 0 aromatic carbocycles. The molecule has 0 heterocycles. The zero-order chi connectivity index (χ0) is 6.57. The molecule has 0 saturated carbocycles. The van der Waals surface area contributed by atoms with Crippen LogP contribution in [-0.2, 0) is 4.79 Å². The first kappa shape index (κ1) is 7.78. The summed E-state index contributed by atoms with van der Waals surface area (Å²) in [4.78, 5) is 10.0. The van der Waals surface area contributed by atoms with Gasteiger partial charge in [-0.25, -0.2) is 0 Å². The lowest BCUT2D eigenvalue weighted by atomic mass is 10.2. The Bertz CT molecular complexity index is 82.1. The van der Waals surface area contributed by atoms with E-state index < -0.39 is 11.9 Å². The van der Waals surface area contributed by atoms with Gasteiger partial charge in [-0.05, 0) is 0 Å². The molecule has 8 heavy (non-hydrogen) atoms. The third-order valence-electron chi connectivity index (χ3n) is 0.854. The fourth-order valence-electron chi connectivity index (χ4n) is 0.253. The molecule has 0 spiro atoms. The summed E-state index contributed by atoms with van der Waals surface area (Å²) in [5, 5.41) is 8.24. The van der Waals surface area contributed by atoms with Crippen molar-refractivity contribution in [3.05, 3.63) is 0 Å². The van der Waals surface area contributed by atoms with E-state index >= 15 is 0 Å². The molecule has 3 N–H and O–H groups in total. The molecule has 0 aliphatic rings. The van der Waals surface area contributed by atoms with Crippen molar-refractivity contribution in [3.8, 4) is 0 Å². The Balaban J connectivity index is 3.52. The van der Waals surface area contributed by atoms with Crippen LogP contribution >= 0.6 is 12.6 Å². The number of carboxylic acids is 1. The highest BCUT2D eigenvalue weighted by Crippen LogP contribution is 1.94. The second kappa shape index (κ2) is 3.74. The number of hydrogen-bond acceptors (Lipinski definition) is 3. The minimum absolute atomic E-state index is 0.166. The maximum atomic E-state index is 10.0. The monoisotopic (exact) mass is 135 g/mol. The smallest absolute Gasteiger partial charge is 0.308 e. The zero-order valence-corrected chi connectivity index (χ0v) is 5.27. The Kier molecular flexibility index (Phi) is 3.64. The van der Waals surface area contributed by atoms with E-state index in [2.05, 4.69) is 12.6 Å². The minimum Gasteiger partial charge on any atom is -0.481 e. The van der Waals surface area contributed by atoms with E-state index in [1.807, 2.05) is 0 Å². The number of aliphatic carboxylic acids is 1. The van der Waals surface area contributed by atoms with Crippen molar-refractivity contribution in [1.29, 1.82) is 0 Å². The van der Waals surface area contributed by atoms with E-state index in [0.29, 0.717) is 5.75 Å². The Morgan fingerprint density at radius 3 is 2.38 bits per heavy atom. The number of thiol groups is 1. The van der Waals surface area contributed by atoms with E-state index in [9.17, 15) is 4.79 Å². The Hall–Kier alpha value is -0.220. The quantitative estimate of drug-likeness (QED) is 0.460. The van der Waals surface area contributed by atoms with Crippen molar-refractivity contribution in [2.75, 3.05) is 12.3 Å². The number of carboxylic acid groups (broad SMARTS) is 1. The predicted octanol–water partition coefficient (Wildman–Crippen LogP) is -0.424. The van der Waals surface area contributed by atoms with Crippen molar-refractivity contribution < 1.29 is 9.90 Å². The van der Waals surface area contributed by atoms with Crippen LogP contribution in [0.4, 0.5) is 0 Å². The SMILES string of the molecule is NCC(CS)C(=O)O. The molecule has 0 radical (unpaired) electrons. The highest BCUT2D eigenvalue weighted by molar-refractivity contribution is 7.80. The van der Waals surface area contributed by atoms with Gasteiger partial charge in [0.05, 0.1) is 5.92 Å². The van der Waals surface area contributed by atoms with Crippen LogP contribution in [0.5, 0.6) is 0 Å². The van der Waals surface area contributed by atoms with E-state index in [1.54, 1.807) is 0 Å². The molecule has 0 rings (SSSR count). The first-order valence-electron chi connectivity index (χ1n) is 2.26. The van der Waals surface area contributed by atoms with Crippen molar-refractivity contribution in [2.24, 2.45) is 11.7 Å². The van der Waals surface area contributed by atoms with Crippen LogP contribution in [0.15, 0.2) is 0 Å². The summed E-state index contributed by atoms with van der Waals surface area (Å²) in [5.41, 5.74) is 5.05. The van der Waals surface area contributed by atoms with Gasteiger partial charge in [-0.3, -0.25) is 4.79 Å². The third kappa shape index (κ3) is 2.18. The van der Waals surface area contributed by atoms with Crippen LogP contribution < -0.4 is 5.73 Å². The molecule has 1 unspecified atom stereocenters. The topological polar surface area (TPSA) is 63.3 Å². The van der Waals surface area contributed by atoms with Gasteiger partial charge in [0.2, 0.25) is 0 Å². The molecule has 4 heteroatoms. The largest absolute Gasteiger partial charge is 0.481 e. The first-order valence-corrected chi connectivity index (χ1v) is 2.89. The minimum atomic E-state index is -0.873. The molecule has 0 bridgehead atoms. The molecule has 0 saturated heterocycles. The molecular formula is C4H9NO2S. The van der Waals surface area contributed by atoms with Crippen LogP contribution in [0.2, 0.25) is 0 Å². The maximum absolute atomic E-state index is 10.0. The van der Waals surface area contributed by atoms with Crippen LogP contribution in [0.25, 0.3) is 0 Å². The molecule has 1 atom stereocenters. The lowest BCUT2D eigenvalue weighted by Crippen LogP contribution is -2.24. The molecule has 0 amide bonds. The van der Waals surface area contributed by atoms with E-state index in [0.717, 1.165) is 0 Å². The molecular weight excluding hydrogens is 126 g/mol. The van der Waals surface area contributed by atoms with Gasteiger partial charge in [0.25, 0.3) is 0 Å². The van der Waals surface area contributed by atoms with Crippen LogP contribution in [0.3, 0.4) is 0 Å². The lowest BCUT2D eigenvalue weighted by Gasteiger charge is -2.02. The van der Waals surface area contributed by atoms with Gasteiger partial charge >= 0.3 is 5.97 Å².